The first-order valence-electron chi connectivity index (χ1n) is 5.11. The minimum Gasteiger partial charge on any atom is -0.494 e. The van der Waals surface area contributed by atoms with Crippen molar-refractivity contribution in [2.45, 2.75) is 26.7 Å². The van der Waals surface area contributed by atoms with E-state index in [9.17, 15) is 0 Å². The first kappa shape index (κ1) is 10.8. The fourth-order valence-corrected chi connectivity index (χ4v) is 1.46. The lowest BCUT2D eigenvalue weighted by atomic mass is 10.0. The topological polar surface area (TPSA) is 9.23 Å². The highest BCUT2D eigenvalue weighted by Gasteiger charge is 1.99. The summed E-state index contributed by atoms with van der Waals surface area (Å²) in [6.07, 6.45) is 4.06. The number of benzene rings is 1. The van der Waals surface area contributed by atoms with Gasteiger partial charge in [-0.2, -0.15) is 0 Å². The molecule has 0 spiro atoms. The molecule has 0 amide bonds. The molecule has 1 nitrogen and oxygen atoms in total. The number of hydrogen-bond acceptors (Lipinski definition) is 1. The van der Waals surface area contributed by atoms with Gasteiger partial charge in [0.15, 0.2) is 0 Å². The van der Waals surface area contributed by atoms with Crippen LogP contribution in [0.2, 0.25) is 0 Å². The van der Waals surface area contributed by atoms with Gasteiger partial charge in [-0.05, 0) is 49.9 Å². The molecule has 0 radical (unpaired) electrons. The number of allylic oxidation sites excluding steroid dienone is 1. The van der Waals surface area contributed by atoms with Crippen molar-refractivity contribution in [3.05, 3.63) is 42.0 Å². The Bertz CT molecular complexity index is 302. The standard InChI is InChI=1S/C13H18O/c1-4-6-7-12-8-9-13(14-5-2)10-11(12)3/h4,8-10H,1,5-7H2,2-3H3. The monoisotopic (exact) mass is 190 g/mol. The van der Waals surface area contributed by atoms with Crippen LogP contribution < -0.4 is 4.74 Å². The van der Waals surface area contributed by atoms with E-state index in [0.717, 1.165) is 25.2 Å². The molecule has 1 aromatic rings. The highest BCUT2D eigenvalue weighted by Crippen LogP contribution is 2.18. The van der Waals surface area contributed by atoms with Crippen LogP contribution in [0, 0.1) is 6.92 Å². The van der Waals surface area contributed by atoms with Gasteiger partial charge in [0, 0.05) is 0 Å². The molecule has 0 saturated carbocycles. The van der Waals surface area contributed by atoms with Gasteiger partial charge in [-0.15, -0.1) is 6.58 Å². The predicted octanol–water partition coefficient (Wildman–Crippen LogP) is 3.51. The zero-order chi connectivity index (χ0) is 10.4. The second kappa shape index (κ2) is 5.48. The molecule has 1 heteroatoms. The Morgan fingerprint density at radius 2 is 2.21 bits per heavy atom. The molecular formula is C13H18O. The Labute approximate surface area is 86.4 Å². The van der Waals surface area contributed by atoms with Crippen molar-refractivity contribution >= 4 is 0 Å². The van der Waals surface area contributed by atoms with Crippen LogP contribution in [0.5, 0.6) is 5.75 Å². The van der Waals surface area contributed by atoms with Crippen molar-refractivity contribution in [3.63, 3.8) is 0 Å². The molecule has 14 heavy (non-hydrogen) atoms. The first-order valence-corrected chi connectivity index (χ1v) is 5.11. The largest absolute Gasteiger partial charge is 0.494 e. The lowest BCUT2D eigenvalue weighted by molar-refractivity contribution is 0.340. The van der Waals surface area contributed by atoms with Crippen LogP contribution >= 0.6 is 0 Å². The Kier molecular flexibility index (Phi) is 4.24. The molecule has 76 valence electrons. The van der Waals surface area contributed by atoms with Gasteiger partial charge in [-0.1, -0.05) is 12.1 Å². The lowest BCUT2D eigenvalue weighted by Crippen LogP contribution is -1.94. The number of ether oxygens (including phenoxy) is 1. The van der Waals surface area contributed by atoms with Crippen molar-refractivity contribution in [2.75, 3.05) is 6.61 Å². The second-order valence-corrected chi connectivity index (χ2v) is 3.35. The van der Waals surface area contributed by atoms with Gasteiger partial charge in [0.05, 0.1) is 6.61 Å². The summed E-state index contributed by atoms with van der Waals surface area (Å²) in [7, 11) is 0. The van der Waals surface area contributed by atoms with Crippen molar-refractivity contribution in [1.29, 1.82) is 0 Å². The van der Waals surface area contributed by atoms with Gasteiger partial charge in [-0.25, -0.2) is 0 Å². The van der Waals surface area contributed by atoms with Gasteiger partial charge in [0.2, 0.25) is 0 Å². The van der Waals surface area contributed by atoms with E-state index in [1.807, 2.05) is 19.1 Å². The van der Waals surface area contributed by atoms with E-state index in [1.165, 1.54) is 11.1 Å². The Morgan fingerprint density at radius 3 is 2.79 bits per heavy atom. The average Bonchev–Trinajstić information content (AvgIpc) is 2.17. The third kappa shape index (κ3) is 2.91. The molecule has 0 aliphatic heterocycles. The Balaban J connectivity index is 2.73. The van der Waals surface area contributed by atoms with Crippen LogP contribution in [0.15, 0.2) is 30.9 Å². The Hall–Kier alpha value is -1.24. The molecule has 0 unspecified atom stereocenters. The molecule has 1 aromatic carbocycles. The molecule has 0 atom stereocenters. The maximum Gasteiger partial charge on any atom is 0.119 e. The maximum absolute atomic E-state index is 5.43. The SMILES string of the molecule is C=CCCc1ccc(OCC)cc1C. The van der Waals surface area contributed by atoms with E-state index in [4.69, 9.17) is 4.74 Å². The van der Waals surface area contributed by atoms with Gasteiger partial charge >= 0.3 is 0 Å². The van der Waals surface area contributed by atoms with E-state index >= 15 is 0 Å². The molecular weight excluding hydrogens is 172 g/mol. The average molecular weight is 190 g/mol. The van der Waals surface area contributed by atoms with Gasteiger partial charge in [0.1, 0.15) is 5.75 Å². The molecule has 0 heterocycles. The predicted molar refractivity (Wildman–Crippen MR) is 60.9 cm³/mol. The van der Waals surface area contributed by atoms with Gasteiger partial charge in [0.25, 0.3) is 0 Å². The summed E-state index contributed by atoms with van der Waals surface area (Å²) in [6.45, 7) is 8.58. The van der Waals surface area contributed by atoms with E-state index < -0.39 is 0 Å². The fraction of sp³-hybridized carbons (Fsp3) is 0.385. The van der Waals surface area contributed by atoms with Crippen LogP contribution in [0.1, 0.15) is 24.5 Å². The van der Waals surface area contributed by atoms with Gasteiger partial charge < -0.3 is 4.74 Å². The third-order valence-electron chi connectivity index (χ3n) is 2.24. The van der Waals surface area contributed by atoms with Crippen molar-refractivity contribution in [1.82, 2.24) is 0 Å². The zero-order valence-electron chi connectivity index (χ0n) is 9.05. The maximum atomic E-state index is 5.43. The van der Waals surface area contributed by atoms with E-state index in [2.05, 4.69) is 25.6 Å². The Morgan fingerprint density at radius 1 is 1.43 bits per heavy atom. The highest BCUT2D eigenvalue weighted by molar-refractivity contribution is 5.35. The summed E-state index contributed by atoms with van der Waals surface area (Å²) in [5.74, 6) is 0.965. The fourth-order valence-electron chi connectivity index (χ4n) is 1.46. The molecule has 1 rings (SSSR count). The minimum atomic E-state index is 0.728. The quantitative estimate of drug-likeness (QED) is 0.645. The molecule has 0 saturated heterocycles. The molecule has 0 N–H and O–H groups in total. The summed E-state index contributed by atoms with van der Waals surface area (Å²) in [5, 5.41) is 0. The van der Waals surface area contributed by atoms with E-state index in [-0.39, 0.29) is 0 Å². The van der Waals surface area contributed by atoms with E-state index in [1.54, 1.807) is 0 Å². The van der Waals surface area contributed by atoms with Crippen LogP contribution in [-0.2, 0) is 6.42 Å². The first-order chi connectivity index (χ1) is 6.77. The van der Waals surface area contributed by atoms with Crippen LogP contribution in [-0.4, -0.2) is 6.61 Å². The molecule has 0 aliphatic carbocycles. The lowest BCUT2D eigenvalue weighted by Gasteiger charge is -2.08. The van der Waals surface area contributed by atoms with Crippen molar-refractivity contribution in [2.24, 2.45) is 0 Å². The minimum absolute atomic E-state index is 0.728. The summed E-state index contributed by atoms with van der Waals surface area (Å²) in [4.78, 5) is 0. The van der Waals surface area contributed by atoms with Crippen LogP contribution in [0.4, 0.5) is 0 Å². The second-order valence-electron chi connectivity index (χ2n) is 3.35. The smallest absolute Gasteiger partial charge is 0.119 e. The third-order valence-corrected chi connectivity index (χ3v) is 2.24. The van der Waals surface area contributed by atoms with E-state index in [0.29, 0.717) is 0 Å². The highest BCUT2D eigenvalue weighted by atomic mass is 16.5. The number of rotatable bonds is 5. The molecule has 0 aliphatic rings. The summed E-state index contributed by atoms with van der Waals surface area (Å²) < 4.78 is 5.43. The molecule has 0 fully saturated rings. The normalized spacial score (nSPS) is 9.86. The summed E-state index contributed by atoms with van der Waals surface area (Å²) >= 11 is 0. The molecule has 0 bridgehead atoms. The number of hydrogen-bond donors (Lipinski definition) is 0. The van der Waals surface area contributed by atoms with Crippen molar-refractivity contribution in [3.8, 4) is 5.75 Å². The summed E-state index contributed by atoms with van der Waals surface area (Å²) in [6, 6.07) is 6.28. The van der Waals surface area contributed by atoms with Crippen molar-refractivity contribution < 1.29 is 4.74 Å². The van der Waals surface area contributed by atoms with Gasteiger partial charge in [-0.3, -0.25) is 0 Å². The molecule has 0 aromatic heterocycles. The van der Waals surface area contributed by atoms with Crippen LogP contribution in [0.3, 0.4) is 0 Å². The zero-order valence-corrected chi connectivity index (χ0v) is 9.05. The number of aryl methyl sites for hydroxylation is 2. The van der Waals surface area contributed by atoms with Crippen LogP contribution in [0.25, 0.3) is 0 Å². The summed E-state index contributed by atoms with van der Waals surface area (Å²) in [5.41, 5.74) is 2.69.